The zero-order valence-electron chi connectivity index (χ0n) is 10.5. The molecule has 2 aromatic carbocycles. The third-order valence-corrected chi connectivity index (χ3v) is 2.94. The molecule has 0 aliphatic rings. The van der Waals surface area contributed by atoms with Gasteiger partial charge in [-0.05, 0) is 18.1 Å². The molecule has 0 aliphatic carbocycles. The van der Waals surface area contributed by atoms with Gasteiger partial charge in [-0.15, -0.1) is 0 Å². The van der Waals surface area contributed by atoms with Crippen molar-refractivity contribution in [2.75, 3.05) is 0 Å². The molecule has 0 fully saturated rings. The van der Waals surface area contributed by atoms with Crippen LogP contribution in [0.4, 0.5) is 4.39 Å². The smallest absolute Gasteiger partial charge is 0.170 e. The fourth-order valence-corrected chi connectivity index (χ4v) is 1.96. The van der Waals surface area contributed by atoms with Crippen molar-refractivity contribution in [3.05, 3.63) is 53.3 Å². The van der Waals surface area contributed by atoms with Crippen molar-refractivity contribution < 1.29 is 24.5 Å². The Kier molecular flexibility index (Phi) is 3.89. The number of phenolic OH excluding ortho intramolecular Hbond substituents is 3. The number of rotatable bonds is 4. The first-order valence-electron chi connectivity index (χ1n) is 6.00. The number of halogens is 1. The van der Waals surface area contributed by atoms with Crippen LogP contribution in [-0.4, -0.2) is 21.1 Å². The van der Waals surface area contributed by atoms with Gasteiger partial charge in [0.2, 0.25) is 0 Å². The predicted molar refractivity (Wildman–Crippen MR) is 70.5 cm³/mol. The van der Waals surface area contributed by atoms with E-state index in [0.29, 0.717) is 5.56 Å². The lowest BCUT2D eigenvalue weighted by Crippen LogP contribution is -2.03. The monoisotopic (exact) mass is 276 g/mol. The van der Waals surface area contributed by atoms with Gasteiger partial charge in [0.05, 0.1) is 0 Å². The maximum atomic E-state index is 13.4. The summed E-state index contributed by atoms with van der Waals surface area (Å²) in [5.74, 6) is -2.27. The maximum absolute atomic E-state index is 13.4. The topological polar surface area (TPSA) is 77.8 Å². The lowest BCUT2D eigenvalue weighted by atomic mass is 10.0. The molecule has 2 aromatic rings. The third kappa shape index (κ3) is 2.88. The number of hydrogen-bond donors (Lipinski definition) is 3. The van der Waals surface area contributed by atoms with Crippen LogP contribution in [0.15, 0.2) is 36.4 Å². The van der Waals surface area contributed by atoms with E-state index in [2.05, 4.69) is 0 Å². The van der Waals surface area contributed by atoms with Crippen LogP contribution >= 0.6 is 0 Å². The summed E-state index contributed by atoms with van der Waals surface area (Å²) in [5, 5.41) is 28.3. The van der Waals surface area contributed by atoms with Crippen molar-refractivity contribution in [1.29, 1.82) is 0 Å². The maximum Gasteiger partial charge on any atom is 0.170 e. The Hall–Kier alpha value is -2.56. The van der Waals surface area contributed by atoms with Crippen molar-refractivity contribution in [2.24, 2.45) is 0 Å². The fraction of sp³-hybridized carbons (Fsp3) is 0.133. The van der Waals surface area contributed by atoms with Gasteiger partial charge in [-0.2, -0.15) is 0 Å². The van der Waals surface area contributed by atoms with E-state index < -0.39 is 23.1 Å². The quantitative estimate of drug-likeness (QED) is 0.750. The molecule has 2 rings (SSSR count). The molecule has 3 N–H and O–H groups in total. The van der Waals surface area contributed by atoms with E-state index in [9.17, 15) is 19.4 Å². The molecule has 0 saturated heterocycles. The minimum Gasteiger partial charge on any atom is -0.508 e. The minimum absolute atomic E-state index is 0.0627. The predicted octanol–water partition coefficient (Wildman–Crippen LogP) is 2.76. The molecule has 4 nitrogen and oxygen atoms in total. The van der Waals surface area contributed by atoms with Gasteiger partial charge in [-0.3, -0.25) is 4.79 Å². The Bertz CT molecular complexity index is 629. The van der Waals surface area contributed by atoms with Gasteiger partial charge in [0, 0.05) is 18.6 Å². The molecule has 0 spiro atoms. The molecule has 0 heterocycles. The molecule has 0 amide bonds. The largest absolute Gasteiger partial charge is 0.508 e. The zero-order chi connectivity index (χ0) is 14.7. The average Bonchev–Trinajstić information content (AvgIpc) is 2.36. The molecular weight excluding hydrogens is 263 g/mol. The second kappa shape index (κ2) is 5.61. The van der Waals surface area contributed by atoms with Crippen molar-refractivity contribution in [2.45, 2.75) is 12.8 Å². The Labute approximate surface area is 114 Å². The van der Waals surface area contributed by atoms with E-state index in [1.54, 1.807) is 18.2 Å². The molecule has 20 heavy (non-hydrogen) atoms. The summed E-state index contributed by atoms with van der Waals surface area (Å²) in [6, 6.07) is 8.03. The minimum atomic E-state index is -0.525. The number of phenols is 3. The number of aryl methyl sites for hydroxylation is 1. The summed E-state index contributed by atoms with van der Waals surface area (Å²) < 4.78 is 13.4. The molecular formula is C15H13FO4. The van der Waals surface area contributed by atoms with Gasteiger partial charge in [0.25, 0.3) is 0 Å². The van der Waals surface area contributed by atoms with E-state index in [1.807, 2.05) is 0 Å². The van der Waals surface area contributed by atoms with E-state index in [-0.39, 0.29) is 24.2 Å². The standard InChI is InChI=1S/C15H13FO4/c16-11-4-2-1-3-9(11)5-6-12(18)15-13(19)7-10(17)8-14(15)20/h1-4,7-8,17,19-20H,5-6H2. The number of Topliss-reactive ketones (excluding diaryl/α,β-unsaturated/α-hetero) is 1. The number of hydrogen-bond acceptors (Lipinski definition) is 4. The molecule has 0 aromatic heterocycles. The van der Waals surface area contributed by atoms with Crippen LogP contribution in [0.2, 0.25) is 0 Å². The third-order valence-electron chi connectivity index (χ3n) is 2.94. The Morgan fingerprint density at radius 3 is 2.25 bits per heavy atom. The van der Waals surface area contributed by atoms with Gasteiger partial charge < -0.3 is 15.3 Å². The first kappa shape index (κ1) is 13.9. The van der Waals surface area contributed by atoms with Gasteiger partial charge in [0.1, 0.15) is 28.6 Å². The lowest BCUT2D eigenvalue weighted by molar-refractivity contribution is 0.0977. The van der Waals surface area contributed by atoms with Gasteiger partial charge >= 0.3 is 0 Å². The molecule has 0 saturated carbocycles. The molecule has 0 bridgehead atoms. The van der Waals surface area contributed by atoms with Crippen LogP contribution in [0.1, 0.15) is 22.3 Å². The highest BCUT2D eigenvalue weighted by atomic mass is 19.1. The lowest BCUT2D eigenvalue weighted by Gasteiger charge is -2.07. The first-order valence-corrected chi connectivity index (χ1v) is 6.00. The number of carbonyl (C=O) groups is 1. The molecule has 5 heteroatoms. The summed E-state index contributed by atoms with van der Waals surface area (Å²) >= 11 is 0. The van der Waals surface area contributed by atoms with Crippen LogP contribution in [0.25, 0.3) is 0 Å². The van der Waals surface area contributed by atoms with E-state index in [4.69, 9.17) is 5.11 Å². The Balaban J connectivity index is 2.16. The number of benzene rings is 2. The SMILES string of the molecule is O=C(CCc1ccccc1F)c1c(O)cc(O)cc1O. The Morgan fingerprint density at radius 1 is 1.05 bits per heavy atom. The summed E-state index contributed by atoms with van der Waals surface area (Å²) in [5.41, 5.74) is 0.123. The highest BCUT2D eigenvalue weighted by Gasteiger charge is 2.18. The van der Waals surface area contributed by atoms with Crippen molar-refractivity contribution in [1.82, 2.24) is 0 Å². The van der Waals surface area contributed by atoms with E-state index >= 15 is 0 Å². The number of aromatic hydroxyl groups is 3. The second-order valence-electron chi connectivity index (χ2n) is 4.37. The average molecular weight is 276 g/mol. The van der Waals surface area contributed by atoms with Crippen LogP contribution in [0, 0.1) is 5.82 Å². The highest BCUT2D eigenvalue weighted by molar-refractivity contribution is 6.01. The van der Waals surface area contributed by atoms with Crippen LogP contribution < -0.4 is 0 Å². The van der Waals surface area contributed by atoms with Crippen LogP contribution in [0.5, 0.6) is 17.2 Å². The van der Waals surface area contributed by atoms with Gasteiger partial charge in [-0.1, -0.05) is 18.2 Å². The van der Waals surface area contributed by atoms with E-state index in [1.165, 1.54) is 6.07 Å². The normalized spacial score (nSPS) is 10.4. The zero-order valence-corrected chi connectivity index (χ0v) is 10.5. The summed E-state index contributed by atoms with van der Waals surface area (Å²) in [7, 11) is 0. The molecule has 0 unspecified atom stereocenters. The van der Waals surface area contributed by atoms with E-state index in [0.717, 1.165) is 12.1 Å². The van der Waals surface area contributed by atoms with Crippen molar-refractivity contribution >= 4 is 5.78 Å². The molecule has 0 aliphatic heterocycles. The summed E-state index contributed by atoms with van der Waals surface area (Å²) in [6.07, 6.45) is 0.0953. The summed E-state index contributed by atoms with van der Waals surface area (Å²) in [4.78, 5) is 12.0. The van der Waals surface area contributed by atoms with Crippen LogP contribution in [0.3, 0.4) is 0 Å². The number of carbonyl (C=O) groups excluding carboxylic acids is 1. The fourth-order valence-electron chi connectivity index (χ4n) is 1.96. The molecule has 0 radical (unpaired) electrons. The van der Waals surface area contributed by atoms with Crippen molar-refractivity contribution in [3.8, 4) is 17.2 Å². The molecule has 0 atom stereocenters. The van der Waals surface area contributed by atoms with Crippen molar-refractivity contribution in [3.63, 3.8) is 0 Å². The van der Waals surface area contributed by atoms with Gasteiger partial charge in [-0.25, -0.2) is 4.39 Å². The van der Waals surface area contributed by atoms with Gasteiger partial charge in [0.15, 0.2) is 5.78 Å². The highest BCUT2D eigenvalue weighted by Crippen LogP contribution is 2.33. The number of ketones is 1. The Morgan fingerprint density at radius 2 is 1.65 bits per heavy atom. The first-order chi connectivity index (χ1) is 9.49. The molecule has 104 valence electrons. The van der Waals surface area contributed by atoms with Crippen LogP contribution in [-0.2, 0) is 6.42 Å². The summed E-state index contributed by atoms with van der Waals surface area (Å²) in [6.45, 7) is 0. The second-order valence-corrected chi connectivity index (χ2v) is 4.37.